The molecule has 0 radical (unpaired) electrons. The van der Waals surface area contributed by atoms with Gasteiger partial charge in [0, 0.05) is 6.42 Å². The number of hydrogen-bond donors (Lipinski definition) is 6. The Hall–Kier alpha value is -2.69. The standard InChI is InChI=1S/C15H25N3O8/c1-3-7(2)12(15(25)26)18-14(24)9(4-5-10(19)20)17-13(23)8(16)6-11(21)22/h7-9,12H,3-6,16H2,1-2H3,(H,17,23)(H,18,24)(H,19,20)(H,21,22)(H,25,26)/t7-,8-,9-,12-/m0/s1. The Morgan fingerprint density at radius 2 is 1.54 bits per heavy atom. The van der Waals surface area contributed by atoms with Crippen molar-refractivity contribution in [2.45, 2.75) is 57.7 Å². The first-order valence-corrected chi connectivity index (χ1v) is 8.02. The van der Waals surface area contributed by atoms with Gasteiger partial charge in [0.15, 0.2) is 0 Å². The van der Waals surface area contributed by atoms with Gasteiger partial charge in [0.2, 0.25) is 11.8 Å². The van der Waals surface area contributed by atoms with Gasteiger partial charge in [0.1, 0.15) is 12.1 Å². The molecule has 0 fully saturated rings. The molecule has 0 saturated heterocycles. The van der Waals surface area contributed by atoms with E-state index in [1.807, 2.05) is 0 Å². The lowest BCUT2D eigenvalue weighted by Crippen LogP contribution is -2.55. The lowest BCUT2D eigenvalue weighted by atomic mass is 9.98. The number of nitrogens with two attached hydrogens (primary N) is 1. The molecule has 11 heteroatoms. The van der Waals surface area contributed by atoms with Crippen LogP contribution in [0.5, 0.6) is 0 Å². The topological polar surface area (TPSA) is 196 Å². The number of carbonyl (C=O) groups excluding carboxylic acids is 2. The zero-order valence-corrected chi connectivity index (χ0v) is 14.6. The summed E-state index contributed by atoms with van der Waals surface area (Å²) in [5.74, 6) is -6.03. The van der Waals surface area contributed by atoms with Gasteiger partial charge < -0.3 is 31.7 Å². The Bertz CT molecular complexity index is 551. The lowest BCUT2D eigenvalue weighted by molar-refractivity contribution is -0.144. The molecular formula is C15H25N3O8. The summed E-state index contributed by atoms with van der Waals surface area (Å²) in [6.45, 7) is 3.36. The van der Waals surface area contributed by atoms with E-state index in [4.69, 9.17) is 15.9 Å². The highest BCUT2D eigenvalue weighted by Crippen LogP contribution is 2.09. The normalized spacial score (nSPS) is 15.2. The molecule has 0 unspecified atom stereocenters. The first-order valence-electron chi connectivity index (χ1n) is 8.02. The maximum atomic E-state index is 12.3. The van der Waals surface area contributed by atoms with Crippen LogP contribution in [0, 0.1) is 5.92 Å². The molecule has 0 spiro atoms. The molecule has 0 aromatic heterocycles. The van der Waals surface area contributed by atoms with Crippen molar-refractivity contribution in [2.75, 3.05) is 0 Å². The van der Waals surface area contributed by atoms with Crippen LogP contribution < -0.4 is 16.4 Å². The molecule has 0 aromatic carbocycles. The molecule has 2 amide bonds. The molecule has 0 aliphatic rings. The Labute approximate surface area is 149 Å². The van der Waals surface area contributed by atoms with E-state index in [2.05, 4.69) is 10.6 Å². The Kier molecular flexibility index (Phi) is 9.89. The zero-order chi connectivity index (χ0) is 20.4. The largest absolute Gasteiger partial charge is 0.481 e. The average Bonchev–Trinajstić information content (AvgIpc) is 2.53. The van der Waals surface area contributed by atoms with Gasteiger partial charge >= 0.3 is 17.9 Å². The van der Waals surface area contributed by atoms with E-state index in [1.54, 1.807) is 13.8 Å². The zero-order valence-electron chi connectivity index (χ0n) is 14.6. The Balaban J connectivity index is 5.17. The third kappa shape index (κ3) is 8.42. The summed E-state index contributed by atoms with van der Waals surface area (Å²) >= 11 is 0. The summed E-state index contributed by atoms with van der Waals surface area (Å²) in [5.41, 5.74) is 5.41. The monoisotopic (exact) mass is 375 g/mol. The number of carbonyl (C=O) groups is 5. The fourth-order valence-electron chi connectivity index (χ4n) is 2.03. The van der Waals surface area contributed by atoms with Crippen molar-refractivity contribution in [2.24, 2.45) is 11.7 Å². The summed E-state index contributed by atoms with van der Waals surface area (Å²) < 4.78 is 0. The van der Waals surface area contributed by atoms with Crippen molar-refractivity contribution in [1.82, 2.24) is 10.6 Å². The highest BCUT2D eigenvalue weighted by Gasteiger charge is 2.31. The third-order valence-corrected chi connectivity index (χ3v) is 3.79. The van der Waals surface area contributed by atoms with E-state index in [1.165, 1.54) is 0 Å². The summed E-state index contributed by atoms with van der Waals surface area (Å²) in [7, 11) is 0. The first kappa shape index (κ1) is 23.3. The van der Waals surface area contributed by atoms with Gasteiger partial charge in [-0.05, 0) is 12.3 Å². The summed E-state index contributed by atoms with van der Waals surface area (Å²) in [6, 6.07) is -4.01. The summed E-state index contributed by atoms with van der Waals surface area (Å²) in [5, 5.41) is 31.1. The van der Waals surface area contributed by atoms with Gasteiger partial charge in [-0.25, -0.2) is 4.79 Å². The number of nitrogens with one attached hydrogen (secondary N) is 2. The molecule has 11 nitrogen and oxygen atoms in total. The van der Waals surface area contributed by atoms with Crippen LogP contribution in [-0.2, 0) is 24.0 Å². The summed E-state index contributed by atoms with van der Waals surface area (Å²) in [6.07, 6.45) is -0.982. The van der Waals surface area contributed by atoms with Crippen molar-refractivity contribution in [3.05, 3.63) is 0 Å². The van der Waals surface area contributed by atoms with E-state index in [0.717, 1.165) is 0 Å². The molecule has 0 aromatic rings. The van der Waals surface area contributed by atoms with E-state index in [0.29, 0.717) is 6.42 Å². The predicted octanol–water partition coefficient (Wildman–Crippen LogP) is -1.25. The molecule has 0 heterocycles. The second kappa shape index (κ2) is 11.0. The molecule has 0 saturated carbocycles. The van der Waals surface area contributed by atoms with Gasteiger partial charge in [0.05, 0.1) is 12.5 Å². The number of aliphatic carboxylic acids is 3. The van der Waals surface area contributed by atoms with E-state index in [9.17, 15) is 29.1 Å². The van der Waals surface area contributed by atoms with Crippen molar-refractivity contribution >= 4 is 29.7 Å². The number of rotatable bonds is 12. The van der Waals surface area contributed by atoms with Gasteiger partial charge in [0.25, 0.3) is 0 Å². The number of amides is 2. The molecule has 7 N–H and O–H groups in total. The van der Waals surface area contributed by atoms with Gasteiger partial charge in [-0.1, -0.05) is 20.3 Å². The molecule has 4 atom stereocenters. The fourth-order valence-corrected chi connectivity index (χ4v) is 2.03. The third-order valence-electron chi connectivity index (χ3n) is 3.79. The van der Waals surface area contributed by atoms with E-state index in [-0.39, 0.29) is 6.42 Å². The quantitative estimate of drug-likeness (QED) is 0.241. The molecule has 0 bridgehead atoms. The highest BCUT2D eigenvalue weighted by molar-refractivity contribution is 5.93. The summed E-state index contributed by atoms with van der Waals surface area (Å²) in [4.78, 5) is 56.9. The van der Waals surface area contributed by atoms with Crippen LogP contribution in [0.15, 0.2) is 0 Å². The van der Waals surface area contributed by atoms with Gasteiger partial charge in [-0.15, -0.1) is 0 Å². The number of carboxylic acids is 3. The fraction of sp³-hybridized carbons (Fsp3) is 0.667. The van der Waals surface area contributed by atoms with Crippen LogP contribution in [0.3, 0.4) is 0 Å². The smallest absolute Gasteiger partial charge is 0.326 e. The minimum absolute atomic E-state index is 0.306. The van der Waals surface area contributed by atoms with Crippen LogP contribution in [0.2, 0.25) is 0 Å². The van der Waals surface area contributed by atoms with Crippen molar-refractivity contribution < 1.29 is 39.3 Å². The van der Waals surface area contributed by atoms with Crippen LogP contribution in [0.1, 0.15) is 39.5 Å². The molecule has 0 aliphatic heterocycles. The first-order chi connectivity index (χ1) is 12.0. The van der Waals surface area contributed by atoms with Crippen LogP contribution in [-0.4, -0.2) is 63.2 Å². The number of carboxylic acid groups (broad SMARTS) is 3. The van der Waals surface area contributed by atoms with E-state index < -0.39 is 66.6 Å². The molecule has 0 rings (SSSR count). The predicted molar refractivity (Wildman–Crippen MR) is 88.1 cm³/mol. The Morgan fingerprint density at radius 1 is 0.962 bits per heavy atom. The SMILES string of the molecule is CC[C@H](C)[C@H](NC(=O)[C@H](CCC(=O)O)NC(=O)[C@@H](N)CC(=O)O)C(=O)O. The molecule has 26 heavy (non-hydrogen) atoms. The van der Waals surface area contributed by atoms with E-state index >= 15 is 0 Å². The second-order valence-electron chi connectivity index (χ2n) is 5.91. The average molecular weight is 375 g/mol. The van der Waals surface area contributed by atoms with Crippen LogP contribution in [0.4, 0.5) is 0 Å². The Morgan fingerprint density at radius 3 is 1.96 bits per heavy atom. The lowest BCUT2D eigenvalue weighted by Gasteiger charge is -2.24. The highest BCUT2D eigenvalue weighted by atomic mass is 16.4. The van der Waals surface area contributed by atoms with Gasteiger partial charge in [-0.2, -0.15) is 0 Å². The maximum Gasteiger partial charge on any atom is 0.326 e. The van der Waals surface area contributed by atoms with Crippen LogP contribution in [0.25, 0.3) is 0 Å². The molecular weight excluding hydrogens is 350 g/mol. The van der Waals surface area contributed by atoms with Crippen LogP contribution >= 0.6 is 0 Å². The van der Waals surface area contributed by atoms with Crippen molar-refractivity contribution in [1.29, 1.82) is 0 Å². The minimum Gasteiger partial charge on any atom is -0.481 e. The molecule has 0 aliphatic carbocycles. The van der Waals surface area contributed by atoms with Crippen molar-refractivity contribution in [3.63, 3.8) is 0 Å². The number of hydrogen-bond acceptors (Lipinski definition) is 6. The van der Waals surface area contributed by atoms with Crippen molar-refractivity contribution in [3.8, 4) is 0 Å². The minimum atomic E-state index is -1.43. The van der Waals surface area contributed by atoms with Gasteiger partial charge in [-0.3, -0.25) is 19.2 Å². The maximum absolute atomic E-state index is 12.3. The molecule has 148 valence electrons. The second-order valence-corrected chi connectivity index (χ2v) is 5.91.